The van der Waals surface area contributed by atoms with Crippen molar-refractivity contribution in [3.05, 3.63) is 36.5 Å². The molecule has 0 heterocycles. The van der Waals surface area contributed by atoms with Gasteiger partial charge in [-0.1, -0.05) is 0 Å². The molecule has 0 saturated heterocycles. The molecule has 1 rings (SSSR count). The summed E-state index contributed by atoms with van der Waals surface area (Å²) in [4.78, 5) is 0. The molecule has 0 aliphatic heterocycles. The number of hydrogen-bond acceptors (Lipinski definition) is 0. The van der Waals surface area contributed by atoms with Crippen molar-refractivity contribution in [3.63, 3.8) is 0 Å². The summed E-state index contributed by atoms with van der Waals surface area (Å²) < 4.78 is 0. The van der Waals surface area contributed by atoms with Gasteiger partial charge in [-0.25, -0.2) is 0 Å². The van der Waals surface area contributed by atoms with Crippen molar-refractivity contribution in [2.75, 3.05) is 0 Å². The van der Waals surface area contributed by atoms with Crippen LogP contribution >= 0.6 is 0 Å². The zero-order chi connectivity index (χ0) is 5.11. The summed E-state index contributed by atoms with van der Waals surface area (Å²) in [6.45, 7) is 5.17. The van der Waals surface area contributed by atoms with Gasteiger partial charge in [0.05, 0.1) is 0 Å². The minimum atomic E-state index is 0. The largest absolute Gasteiger partial charge is 0.361 e. The Morgan fingerprint density at radius 1 is 1.75 bits per heavy atom. The van der Waals surface area contributed by atoms with E-state index in [1.807, 2.05) is 12.2 Å². The normalized spacial score (nSPS) is 14.8. The molecule has 0 aromatic carbocycles. The number of allylic oxidation sites excluding steroid dienone is 5. The molecule has 8 heavy (non-hydrogen) atoms. The first-order valence-corrected chi connectivity index (χ1v) is 2.26. The Hall–Kier alpha value is 0.324. The molecule has 1 aliphatic carbocycles. The molecule has 0 fully saturated rings. The van der Waals surface area contributed by atoms with E-state index in [1.54, 1.807) is 6.08 Å². The van der Waals surface area contributed by atoms with Gasteiger partial charge in [-0.15, -0.1) is 6.42 Å². The Morgan fingerprint density at radius 2 is 2.50 bits per heavy atom. The maximum absolute atomic E-state index is 5.17. The minimum absolute atomic E-state index is 0. The van der Waals surface area contributed by atoms with Crippen LogP contribution in [0.1, 0.15) is 6.42 Å². The van der Waals surface area contributed by atoms with Gasteiger partial charge in [-0.05, 0) is 0 Å². The molecule has 0 saturated carbocycles. The van der Waals surface area contributed by atoms with Gasteiger partial charge in [0, 0.05) is 32.7 Å². The summed E-state index contributed by atoms with van der Waals surface area (Å²) in [5.41, 5.74) is 1.08. The van der Waals surface area contributed by atoms with Crippen molar-refractivity contribution in [3.8, 4) is 0 Å². The molecule has 39 valence electrons. The molecular weight excluding hydrogens is 173 g/mol. The van der Waals surface area contributed by atoms with E-state index in [1.165, 1.54) is 0 Å². The van der Waals surface area contributed by atoms with Crippen LogP contribution in [0, 0.1) is 12.7 Å². The van der Waals surface area contributed by atoms with Gasteiger partial charge < -0.3 is 18.2 Å². The second kappa shape index (κ2) is 4.23. The fraction of sp³-hybridized carbons (Fsp3) is 0.143. The van der Waals surface area contributed by atoms with E-state index in [0.29, 0.717) is 0 Å². The van der Waals surface area contributed by atoms with Crippen LogP contribution < -0.4 is 0 Å². The summed E-state index contributed by atoms with van der Waals surface area (Å²) in [6, 6.07) is 0. The third-order valence-corrected chi connectivity index (χ3v) is 0.926. The molecule has 1 radical (unpaired) electrons. The molecule has 1 aliphatic rings. The molecular formula is C7H6Y-2. The predicted octanol–water partition coefficient (Wildman–Crippen LogP) is 1.66. The molecule has 0 aromatic rings. The fourth-order valence-corrected chi connectivity index (χ4v) is 0.527. The van der Waals surface area contributed by atoms with E-state index in [9.17, 15) is 0 Å². The molecule has 0 unspecified atom stereocenters. The van der Waals surface area contributed by atoms with Crippen LogP contribution in [-0.2, 0) is 32.7 Å². The van der Waals surface area contributed by atoms with E-state index in [-0.39, 0.29) is 32.7 Å². The SMILES string of the molecule is [CH-]=CC1=[C-]C=CC1.[Y]. The van der Waals surface area contributed by atoms with Crippen molar-refractivity contribution in [1.29, 1.82) is 0 Å². The second-order valence-electron chi connectivity index (χ2n) is 1.44. The van der Waals surface area contributed by atoms with Crippen LogP contribution in [0.3, 0.4) is 0 Å². The van der Waals surface area contributed by atoms with Crippen LogP contribution in [-0.4, -0.2) is 0 Å². The molecule has 0 amide bonds. The Morgan fingerprint density at radius 3 is 2.75 bits per heavy atom. The van der Waals surface area contributed by atoms with Crippen LogP contribution in [0.25, 0.3) is 0 Å². The van der Waals surface area contributed by atoms with Gasteiger partial charge >= 0.3 is 0 Å². The van der Waals surface area contributed by atoms with Gasteiger partial charge in [0.25, 0.3) is 0 Å². The van der Waals surface area contributed by atoms with Crippen molar-refractivity contribution in [2.24, 2.45) is 0 Å². The molecule has 0 atom stereocenters. The molecule has 0 aromatic heterocycles. The standard InChI is InChI=1S/C7H6.Y/c1-2-7-5-3-4-6-7;/h1-4H,5H2;/q-2;. The average Bonchev–Trinajstić information content (AvgIpc) is 2.14. The second-order valence-corrected chi connectivity index (χ2v) is 1.44. The third-order valence-electron chi connectivity index (χ3n) is 0.926. The number of hydrogen-bond donors (Lipinski definition) is 0. The smallest absolute Gasteiger partial charge is 0 e. The number of rotatable bonds is 1. The fourth-order valence-electron chi connectivity index (χ4n) is 0.527. The van der Waals surface area contributed by atoms with Crippen LogP contribution in [0.4, 0.5) is 0 Å². The van der Waals surface area contributed by atoms with Crippen molar-refractivity contribution in [1.82, 2.24) is 0 Å². The predicted molar refractivity (Wildman–Crippen MR) is 29.4 cm³/mol. The third kappa shape index (κ3) is 2.06. The van der Waals surface area contributed by atoms with E-state index in [4.69, 9.17) is 6.58 Å². The van der Waals surface area contributed by atoms with E-state index < -0.39 is 0 Å². The summed E-state index contributed by atoms with van der Waals surface area (Å²) in [6.07, 6.45) is 9.41. The van der Waals surface area contributed by atoms with E-state index >= 15 is 0 Å². The molecule has 1 heteroatoms. The average molecular weight is 179 g/mol. The van der Waals surface area contributed by atoms with E-state index in [2.05, 4.69) is 6.08 Å². The van der Waals surface area contributed by atoms with Crippen LogP contribution in [0.2, 0.25) is 0 Å². The zero-order valence-electron chi connectivity index (χ0n) is 4.59. The summed E-state index contributed by atoms with van der Waals surface area (Å²) in [5.74, 6) is 0. The first-order valence-electron chi connectivity index (χ1n) is 2.26. The maximum Gasteiger partial charge on any atom is 0 e. The van der Waals surface area contributed by atoms with Gasteiger partial charge in [0.2, 0.25) is 0 Å². The van der Waals surface area contributed by atoms with Crippen LogP contribution in [0.15, 0.2) is 23.8 Å². The van der Waals surface area contributed by atoms with Crippen molar-refractivity contribution < 1.29 is 32.7 Å². The molecule has 0 nitrogen and oxygen atoms in total. The summed E-state index contributed by atoms with van der Waals surface area (Å²) in [5, 5.41) is 0. The van der Waals surface area contributed by atoms with Crippen molar-refractivity contribution >= 4 is 0 Å². The summed E-state index contributed by atoms with van der Waals surface area (Å²) >= 11 is 0. The van der Waals surface area contributed by atoms with Gasteiger partial charge in [-0.2, -0.15) is 12.2 Å². The molecule has 0 spiro atoms. The van der Waals surface area contributed by atoms with Gasteiger partial charge in [0.1, 0.15) is 0 Å². The van der Waals surface area contributed by atoms with Crippen molar-refractivity contribution in [2.45, 2.75) is 6.42 Å². The monoisotopic (exact) mass is 179 g/mol. The van der Waals surface area contributed by atoms with Gasteiger partial charge in [-0.3, -0.25) is 6.08 Å². The Labute approximate surface area is 75.2 Å². The van der Waals surface area contributed by atoms with E-state index in [0.717, 1.165) is 12.0 Å². The van der Waals surface area contributed by atoms with Gasteiger partial charge in [0.15, 0.2) is 0 Å². The molecule has 0 N–H and O–H groups in total. The Kier molecular flexibility index (Phi) is 4.40. The Bertz CT molecular complexity index is 131. The maximum atomic E-state index is 5.17. The summed E-state index contributed by atoms with van der Waals surface area (Å²) in [7, 11) is 0. The van der Waals surface area contributed by atoms with Crippen LogP contribution in [0.5, 0.6) is 0 Å². The minimum Gasteiger partial charge on any atom is -0.361 e. The quantitative estimate of drug-likeness (QED) is 0.537. The topological polar surface area (TPSA) is 0 Å². The zero-order valence-corrected chi connectivity index (χ0v) is 7.43. The molecule has 0 bridgehead atoms. The first kappa shape index (κ1) is 8.32. The first-order chi connectivity index (χ1) is 3.43. The Balaban J connectivity index is 0.000000490.